The number of aryl methyl sites for hydroxylation is 1. The molecule has 4 aromatic rings. The molecule has 1 saturated heterocycles. The van der Waals surface area contributed by atoms with Crippen molar-refractivity contribution in [3.05, 3.63) is 138 Å². The lowest BCUT2D eigenvalue weighted by atomic mass is 10.1. The Bertz CT molecular complexity index is 1530. The van der Waals surface area contributed by atoms with Crippen LogP contribution in [0.2, 0.25) is 0 Å². The van der Waals surface area contributed by atoms with Crippen molar-refractivity contribution in [1.82, 2.24) is 4.83 Å². The van der Waals surface area contributed by atoms with Crippen LogP contribution < -0.4 is 4.83 Å². The van der Waals surface area contributed by atoms with Crippen LogP contribution in [-0.2, 0) is 48.8 Å². The summed E-state index contributed by atoms with van der Waals surface area (Å²) >= 11 is 0. The summed E-state index contributed by atoms with van der Waals surface area (Å²) in [6.07, 6.45) is -2.01. The van der Waals surface area contributed by atoms with Gasteiger partial charge < -0.3 is 18.9 Å². The minimum Gasteiger partial charge on any atom is -0.469 e. The van der Waals surface area contributed by atoms with E-state index in [0.29, 0.717) is 13.2 Å². The van der Waals surface area contributed by atoms with E-state index >= 15 is 0 Å². The molecule has 42 heavy (non-hydrogen) atoms. The molecule has 218 valence electrons. The van der Waals surface area contributed by atoms with E-state index in [1.54, 1.807) is 12.1 Å². The second kappa shape index (κ2) is 14.2. The number of hydrogen-bond acceptors (Lipinski definition) is 7. The Morgan fingerprint density at radius 1 is 0.714 bits per heavy atom. The zero-order valence-corrected chi connectivity index (χ0v) is 24.2. The quantitative estimate of drug-likeness (QED) is 0.212. The van der Waals surface area contributed by atoms with Gasteiger partial charge in [0.05, 0.1) is 31.3 Å². The molecule has 0 radical (unpaired) electrons. The maximum absolute atomic E-state index is 13.0. The van der Waals surface area contributed by atoms with Crippen LogP contribution in [0.25, 0.3) is 0 Å². The van der Waals surface area contributed by atoms with Gasteiger partial charge in [-0.3, -0.25) is 0 Å². The normalized spacial score (nSPS) is 19.5. The second-order valence-corrected chi connectivity index (χ2v) is 11.7. The standard InChI is InChI=1S/C33H34N2O6S/c1-25-17-19-29(20-18-25)42(36,37)35-34-33-32(40-23-28-15-9-4-10-16-28)31(39-22-27-13-7-3-8-14-27)30(41-33)24-38-21-26-11-5-2-6-12-26/h2-20,30-32,35H,21-24H2,1H3/b34-33-/t30-,31-,32+/m1/s1. The third kappa shape index (κ3) is 8.04. The average Bonchev–Trinajstić information content (AvgIpc) is 3.35. The van der Waals surface area contributed by atoms with E-state index in [1.807, 2.05) is 97.9 Å². The van der Waals surface area contributed by atoms with Crippen LogP contribution in [-0.4, -0.2) is 39.2 Å². The molecule has 1 fully saturated rings. The zero-order chi connectivity index (χ0) is 29.2. The maximum atomic E-state index is 13.0. The number of rotatable bonds is 13. The molecule has 1 aliphatic rings. The number of ether oxygens (including phenoxy) is 4. The molecule has 0 aromatic heterocycles. The molecule has 0 amide bonds. The fraction of sp³-hybridized carbons (Fsp3) is 0.242. The molecule has 0 unspecified atom stereocenters. The van der Waals surface area contributed by atoms with Crippen molar-refractivity contribution in [2.24, 2.45) is 5.10 Å². The molecule has 5 rings (SSSR count). The SMILES string of the molecule is Cc1ccc(S(=O)(=O)N/N=C2\O[C@H](COCc3ccccc3)[C@@H](OCc3ccccc3)[C@@H]2OCc2ccccc2)cc1. The van der Waals surface area contributed by atoms with Gasteiger partial charge in [-0.05, 0) is 35.7 Å². The molecule has 0 aliphatic carbocycles. The van der Waals surface area contributed by atoms with E-state index in [-0.39, 0.29) is 24.0 Å². The minimum atomic E-state index is -3.94. The van der Waals surface area contributed by atoms with Crippen LogP contribution in [0.1, 0.15) is 22.3 Å². The van der Waals surface area contributed by atoms with Crippen molar-refractivity contribution in [1.29, 1.82) is 0 Å². The minimum absolute atomic E-state index is 0.0768. The molecule has 3 atom stereocenters. The Kier molecular flexibility index (Phi) is 9.99. The maximum Gasteiger partial charge on any atom is 0.276 e. The molecule has 1 aliphatic heterocycles. The largest absolute Gasteiger partial charge is 0.469 e. The first-order valence-corrected chi connectivity index (χ1v) is 15.2. The number of hydrazone groups is 1. The fourth-order valence-corrected chi connectivity index (χ4v) is 5.28. The molecule has 0 bridgehead atoms. The first kappa shape index (κ1) is 29.5. The zero-order valence-electron chi connectivity index (χ0n) is 23.3. The highest BCUT2D eigenvalue weighted by molar-refractivity contribution is 7.89. The third-order valence-corrected chi connectivity index (χ3v) is 7.96. The number of nitrogens with zero attached hydrogens (tertiary/aromatic N) is 1. The summed E-state index contributed by atoms with van der Waals surface area (Å²) in [5, 5.41) is 4.21. The Morgan fingerprint density at radius 2 is 1.24 bits per heavy atom. The van der Waals surface area contributed by atoms with E-state index in [2.05, 4.69) is 9.93 Å². The van der Waals surface area contributed by atoms with Crippen molar-refractivity contribution in [3.8, 4) is 0 Å². The summed E-state index contributed by atoms with van der Waals surface area (Å²) in [6, 6.07) is 35.8. The molecule has 8 nitrogen and oxygen atoms in total. The van der Waals surface area contributed by atoms with E-state index in [4.69, 9.17) is 18.9 Å². The summed E-state index contributed by atoms with van der Waals surface area (Å²) in [7, 11) is -3.94. The van der Waals surface area contributed by atoms with Crippen LogP contribution in [0.4, 0.5) is 0 Å². The lowest BCUT2D eigenvalue weighted by molar-refractivity contribution is -0.0894. The summed E-state index contributed by atoms with van der Waals surface area (Å²) in [5.41, 5.74) is 3.90. The molecule has 0 spiro atoms. The number of hydrogen-bond donors (Lipinski definition) is 1. The van der Waals surface area contributed by atoms with Crippen LogP contribution >= 0.6 is 0 Å². The molecular weight excluding hydrogens is 552 g/mol. The highest BCUT2D eigenvalue weighted by Gasteiger charge is 2.45. The Morgan fingerprint density at radius 3 is 1.81 bits per heavy atom. The number of benzene rings is 4. The summed E-state index contributed by atoms with van der Waals surface area (Å²) in [6.45, 7) is 3.01. The van der Waals surface area contributed by atoms with Gasteiger partial charge in [0.2, 0.25) is 5.90 Å². The van der Waals surface area contributed by atoms with Gasteiger partial charge in [0.25, 0.3) is 10.0 Å². The molecule has 4 aromatic carbocycles. The van der Waals surface area contributed by atoms with Crippen molar-refractivity contribution >= 4 is 15.9 Å². The van der Waals surface area contributed by atoms with Gasteiger partial charge in [-0.15, -0.1) is 5.10 Å². The van der Waals surface area contributed by atoms with Crippen molar-refractivity contribution < 1.29 is 27.4 Å². The number of nitrogens with one attached hydrogen (secondary N) is 1. The van der Waals surface area contributed by atoms with E-state index in [1.165, 1.54) is 12.1 Å². The highest BCUT2D eigenvalue weighted by Crippen LogP contribution is 2.26. The van der Waals surface area contributed by atoms with Gasteiger partial charge >= 0.3 is 0 Å². The topological polar surface area (TPSA) is 95.5 Å². The van der Waals surface area contributed by atoms with Gasteiger partial charge in [0.15, 0.2) is 12.2 Å². The first-order valence-electron chi connectivity index (χ1n) is 13.7. The van der Waals surface area contributed by atoms with Crippen molar-refractivity contribution in [2.75, 3.05) is 6.61 Å². The summed E-state index contributed by atoms with van der Waals surface area (Å²) < 4.78 is 50.9. The van der Waals surface area contributed by atoms with Crippen molar-refractivity contribution in [2.45, 2.75) is 50.0 Å². The van der Waals surface area contributed by atoms with Gasteiger partial charge in [-0.1, -0.05) is 109 Å². The molecule has 9 heteroatoms. The second-order valence-electron chi connectivity index (χ2n) is 9.99. The van der Waals surface area contributed by atoms with Gasteiger partial charge in [-0.2, -0.15) is 13.2 Å². The lowest BCUT2D eigenvalue weighted by Crippen LogP contribution is -2.38. The Balaban J connectivity index is 1.38. The smallest absolute Gasteiger partial charge is 0.276 e. The lowest BCUT2D eigenvalue weighted by Gasteiger charge is -2.22. The van der Waals surface area contributed by atoms with Crippen molar-refractivity contribution in [3.63, 3.8) is 0 Å². The molecule has 0 saturated carbocycles. The highest BCUT2D eigenvalue weighted by atomic mass is 32.2. The molecular formula is C33H34N2O6S. The van der Waals surface area contributed by atoms with Gasteiger partial charge in [0, 0.05) is 0 Å². The molecule has 1 heterocycles. The van der Waals surface area contributed by atoms with Gasteiger partial charge in [-0.25, -0.2) is 0 Å². The van der Waals surface area contributed by atoms with E-state index in [9.17, 15) is 8.42 Å². The van der Waals surface area contributed by atoms with E-state index in [0.717, 1.165) is 22.3 Å². The van der Waals surface area contributed by atoms with Crippen LogP contribution in [0, 0.1) is 6.92 Å². The van der Waals surface area contributed by atoms with Crippen LogP contribution in [0.3, 0.4) is 0 Å². The monoisotopic (exact) mass is 586 g/mol. The average molecular weight is 587 g/mol. The first-order chi connectivity index (χ1) is 20.5. The molecule has 1 N–H and O–H groups in total. The predicted octanol–water partition coefficient (Wildman–Crippen LogP) is 5.37. The predicted molar refractivity (Wildman–Crippen MR) is 160 cm³/mol. The van der Waals surface area contributed by atoms with E-state index < -0.39 is 28.3 Å². The third-order valence-electron chi connectivity index (χ3n) is 6.74. The summed E-state index contributed by atoms with van der Waals surface area (Å²) in [4.78, 5) is 2.41. The summed E-state index contributed by atoms with van der Waals surface area (Å²) in [5.74, 6) is 0.0768. The Hall–Kier alpha value is -4.02. The van der Waals surface area contributed by atoms with Crippen LogP contribution in [0.15, 0.2) is 125 Å². The fourth-order valence-electron chi connectivity index (χ4n) is 4.47. The van der Waals surface area contributed by atoms with Gasteiger partial charge in [0.1, 0.15) is 6.10 Å². The Labute approximate surface area is 247 Å². The number of sulfonamides is 1. The van der Waals surface area contributed by atoms with Crippen LogP contribution in [0.5, 0.6) is 0 Å².